The zero-order valence-electron chi connectivity index (χ0n) is 23.5. The first-order chi connectivity index (χ1) is 19.3. The molecular weight excluding hydrogens is 496 g/mol. The van der Waals surface area contributed by atoms with Crippen LogP contribution in [0, 0.1) is 0 Å². The van der Waals surface area contributed by atoms with Crippen LogP contribution in [-0.4, -0.2) is 34.8 Å². The van der Waals surface area contributed by atoms with E-state index in [2.05, 4.69) is 59.9 Å². The molecule has 0 atom stereocenters. The zero-order valence-corrected chi connectivity index (χ0v) is 23.5. The quantitative estimate of drug-likeness (QED) is 0.314. The van der Waals surface area contributed by atoms with Crippen molar-refractivity contribution in [2.45, 2.75) is 64.2 Å². The lowest BCUT2D eigenvalue weighted by Crippen LogP contribution is -2.31. The lowest BCUT2D eigenvalue weighted by Gasteiger charge is -2.33. The van der Waals surface area contributed by atoms with Gasteiger partial charge in [0.2, 0.25) is 0 Å². The number of fused-ring (bicyclic) bond motifs is 1. The minimum Gasteiger partial charge on any atom is -0.375 e. The molecule has 0 bridgehead atoms. The summed E-state index contributed by atoms with van der Waals surface area (Å²) in [5.41, 5.74) is 15.5. The Morgan fingerprint density at radius 3 is 2.40 bits per heavy atom. The summed E-state index contributed by atoms with van der Waals surface area (Å²) in [6.45, 7) is 10.2. The Morgan fingerprint density at radius 1 is 1.02 bits per heavy atom. The van der Waals surface area contributed by atoms with Gasteiger partial charge in [0.05, 0.1) is 11.1 Å². The molecule has 6 heteroatoms. The van der Waals surface area contributed by atoms with E-state index in [9.17, 15) is 9.59 Å². The summed E-state index contributed by atoms with van der Waals surface area (Å²) in [5.74, 6) is 0.545. The Kier molecular flexibility index (Phi) is 6.87. The van der Waals surface area contributed by atoms with Crippen LogP contribution >= 0.6 is 0 Å². The third-order valence-corrected chi connectivity index (χ3v) is 8.93. The number of allylic oxidation sites excluding steroid dienone is 5. The van der Waals surface area contributed by atoms with Crippen LogP contribution in [0.3, 0.4) is 0 Å². The number of primary amides is 1. The lowest BCUT2D eigenvalue weighted by atomic mass is 9.87. The number of nitrogens with one attached hydrogen (secondary N) is 2. The van der Waals surface area contributed by atoms with E-state index in [4.69, 9.17) is 5.73 Å². The van der Waals surface area contributed by atoms with Gasteiger partial charge in [0.25, 0.3) is 11.8 Å². The van der Waals surface area contributed by atoms with Crippen molar-refractivity contribution in [2.24, 2.45) is 5.73 Å². The number of rotatable bonds is 7. The van der Waals surface area contributed by atoms with Crippen molar-refractivity contribution in [2.75, 3.05) is 13.1 Å². The van der Waals surface area contributed by atoms with Crippen LogP contribution < -0.4 is 11.1 Å². The molecular formula is C34H38N4O2. The SMILES string of the molecule is C=C(C)N1CCC(c2cc3c(C4=CCCC(NC(=O)c5ccc(C6CC6)cc5)=C4C)ccc(C(N)=O)c3[nH]2)CC1. The summed E-state index contributed by atoms with van der Waals surface area (Å²) < 4.78 is 0. The van der Waals surface area contributed by atoms with E-state index in [0.717, 1.165) is 83.5 Å². The number of likely N-dealkylation sites (tertiary alicyclic amines) is 1. The third kappa shape index (κ3) is 4.99. The molecule has 2 heterocycles. The molecule has 3 aromatic rings. The van der Waals surface area contributed by atoms with E-state index in [0.29, 0.717) is 23.0 Å². The van der Waals surface area contributed by atoms with E-state index in [-0.39, 0.29) is 5.91 Å². The Bertz CT molecular complexity index is 1560. The maximum Gasteiger partial charge on any atom is 0.255 e. The van der Waals surface area contributed by atoms with Gasteiger partial charge >= 0.3 is 0 Å². The second kappa shape index (κ2) is 10.5. The smallest absolute Gasteiger partial charge is 0.255 e. The van der Waals surface area contributed by atoms with E-state index < -0.39 is 5.91 Å². The topological polar surface area (TPSA) is 91.2 Å². The molecule has 1 aromatic heterocycles. The molecule has 2 aromatic carbocycles. The molecule has 2 aliphatic carbocycles. The Morgan fingerprint density at radius 2 is 1.75 bits per heavy atom. The highest BCUT2D eigenvalue weighted by atomic mass is 16.2. The predicted octanol–water partition coefficient (Wildman–Crippen LogP) is 6.74. The predicted molar refractivity (Wildman–Crippen MR) is 161 cm³/mol. The average molecular weight is 535 g/mol. The number of amides is 2. The molecule has 3 aliphatic rings. The highest BCUT2D eigenvalue weighted by Crippen LogP contribution is 2.40. The van der Waals surface area contributed by atoms with Crippen molar-refractivity contribution < 1.29 is 9.59 Å². The van der Waals surface area contributed by atoms with Gasteiger partial charge in [-0.25, -0.2) is 0 Å². The average Bonchev–Trinajstić information content (AvgIpc) is 3.71. The molecule has 1 saturated heterocycles. The maximum absolute atomic E-state index is 13.1. The van der Waals surface area contributed by atoms with Crippen molar-refractivity contribution >= 4 is 28.3 Å². The van der Waals surface area contributed by atoms with Crippen molar-refractivity contribution in [1.82, 2.24) is 15.2 Å². The van der Waals surface area contributed by atoms with Crippen molar-refractivity contribution in [3.8, 4) is 0 Å². The van der Waals surface area contributed by atoms with Gasteiger partial charge in [0.1, 0.15) is 0 Å². The normalized spacial score (nSPS) is 18.1. The number of hydrogen-bond acceptors (Lipinski definition) is 3. The molecule has 2 fully saturated rings. The highest BCUT2D eigenvalue weighted by molar-refractivity contribution is 6.09. The van der Waals surface area contributed by atoms with Gasteiger partial charge in [0.15, 0.2) is 0 Å². The minimum atomic E-state index is -0.437. The van der Waals surface area contributed by atoms with Crippen LogP contribution in [-0.2, 0) is 0 Å². The number of nitrogens with zero attached hydrogens (tertiary/aromatic N) is 1. The van der Waals surface area contributed by atoms with E-state index in [1.165, 1.54) is 18.4 Å². The van der Waals surface area contributed by atoms with Gasteiger partial charge in [-0.3, -0.25) is 9.59 Å². The number of nitrogens with two attached hydrogens (primary N) is 1. The number of aromatic nitrogens is 1. The fraction of sp³-hybridized carbons (Fsp3) is 0.353. The molecule has 0 radical (unpaired) electrons. The van der Waals surface area contributed by atoms with Crippen LogP contribution in [0.5, 0.6) is 0 Å². The van der Waals surface area contributed by atoms with E-state index in [1.54, 1.807) is 0 Å². The lowest BCUT2D eigenvalue weighted by molar-refractivity contribution is 0.0962. The minimum absolute atomic E-state index is 0.0720. The van der Waals surface area contributed by atoms with Crippen LogP contribution in [0.2, 0.25) is 0 Å². The standard InChI is InChI=1S/C34H38N4O2/c1-20(2)38-17-15-24(16-18-38)31-19-29-27(13-14-28(33(35)39)32(29)36-31)26-5-4-6-30(21(26)3)37-34(40)25-11-9-23(10-12-25)22-7-8-22/h5,9-14,19,22,24,36H,1,4,6-8,15-18H2,2-3H3,(H2,35,39)(H,37,40). The first-order valence-corrected chi connectivity index (χ1v) is 14.5. The van der Waals surface area contributed by atoms with Crippen molar-refractivity contribution in [1.29, 1.82) is 0 Å². The summed E-state index contributed by atoms with van der Waals surface area (Å²) in [6, 6.07) is 14.1. The molecule has 40 heavy (non-hydrogen) atoms. The van der Waals surface area contributed by atoms with Gasteiger partial charge in [-0.05, 0) is 105 Å². The molecule has 0 unspecified atom stereocenters. The number of carbonyl (C=O) groups is 2. The molecule has 4 N–H and O–H groups in total. The molecule has 1 aliphatic heterocycles. The molecule has 2 amide bonds. The second-order valence-corrected chi connectivity index (χ2v) is 11.6. The maximum atomic E-state index is 13.1. The number of benzene rings is 2. The number of hydrogen-bond donors (Lipinski definition) is 3. The monoisotopic (exact) mass is 534 g/mol. The first kappa shape index (κ1) is 26.2. The summed E-state index contributed by atoms with van der Waals surface area (Å²) in [6.07, 6.45) is 8.41. The van der Waals surface area contributed by atoms with Gasteiger partial charge in [-0.2, -0.15) is 0 Å². The van der Waals surface area contributed by atoms with Crippen LogP contribution in [0.15, 0.2) is 72.1 Å². The Hall–Kier alpha value is -4.06. The number of piperidine rings is 1. The Balaban J connectivity index is 1.30. The van der Waals surface area contributed by atoms with E-state index in [1.807, 2.05) is 24.3 Å². The number of carbonyl (C=O) groups excluding carboxylic acids is 2. The van der Waals surface area contributed by atoms with Gasteiger partial charge < -0.3 is 20.9 Å². The molecule has 0 spiro atoms. The van der Waals surface area contributed by atoms with Gasteiger partial charge in [-0.1, -0.05) is 30.9 Å². The Labute approximate surface area is 236 Å². The zero-order chi connectivity index (χ0) is 28.0. The molecule has 206 valence electrons. The second-order valence-electron chi connectivity index (χ2n) is 11.6. The summed E-state index contributed by atoms with van der Waals surface area (Å²) >= 11 is 0. The van der Waals surface area contributed by atoms with Gasteiger partial charge in [-0.15, -0.1) is 0 Å². The van der Waals surface area contributed by atoms with Gasteiger partial charge in [0, 0.05) is 47.0 Å². The van der Waals surface area contributed by atoms with Crippen LogP contribution in [0.25, 0.3) is 16.5 Å². The first-order valence-electron chi connectivity index (χ1n) is 14.5. The fourth-order valence-corrected chi connectivity index (χ4v) is 6.34. The summed E-state index contributed by atoms with van der Waals surface area (Å²) in [4.78, 5) is 31.4. The third-order valence-electron chi connectivity index (χ3n) is 8.93. The van der Waals surface area contributed by atoms with Crippen molar-refractivity contribution in [3.63, 3.8) is 0 Å². The molecule has 1 saturated carbocycles. The highest BCUT2D eigenvalue weighted by Gasteiger charge is 2.26. The largest absolute Gasteiger partial charge is 0.375 e. The van der Waals surface area contributed by atoms with Crippen molar-refractivity contribution in [3.05, 3.63) is 100 Å². The molecule has 6 nitrogen and oxygen atoms in total. The summed E-state index contributed by atoms with van der Waals surface area (Å²) in [5, 5.41) is 4.21. The van der Waals surface area contributed by atoms with E-state index >= 15 is 0 Å². The summed E-state index contributed by atoms with van der Waals surface area (Å²) in [7, 11) is 0. The van der Waals surface area contributed by atoms with Crippen LogP contribution in [0.4, 0.5) is 0 Å². The molecule has 6 rings (SSSR count). The number of H-pyrrole nitrogens is 1. The number of aromatic amines is 1. The fourth-order valence-electron chi connectivity index (χ4n) is 6.34. The van der Waals surface area contributed by atoms with Crippen LogP contribution in [0.1, 0.15) is 102 Å².